The molecule has 8 heteroatoms. The van der Waals surface area contributed by atoms with Gasteiger partial charge in [0.2, 0.25) is 0 Å². The van der Waals surface area contributed by atoms with Crippen molar-refractivity contribution in [2.45, 2.75) is 33.1 Å². The molecule has 0 aromatic rings. The SMILES string of the molecule is CC(C)COC(=O)C(C(C)C(F)(F)F)C(F)(F)F. The molecule has 2 atom stereocenters. The van der Waals surface area contributed by atoms with Crippen molar-refractivity contribution in [1.29, 1.82) is 0 Å². The summed E-state index contributed by atoms with van der Waals surface area (Å²) in [6.45, 7) is 3.08. The van der Waals surface area contributed by atoms with E-state index in [1.165, 1.54) is 0 Å². The fourth-order valence-corrected chi connectivity index (χ4v) is 1.15. The second-order valence-corrected chi connectivity index (χ2v) is 4.37. The minimum absolute atomic E-state index is 0.260. The lowest BCUT2D eigenvalue weighted by molar-refractivity contribution is -0.253. The van der Waals surface area contributed by atoms with Crippen LogP contribution in [-0.4, -0.2) is 24.9 Å². The third-order valence-corrected chi connectivity index (χ3v) is 2.18. The van der Waals surface area contributed by atoms with E-state index in [2.05, 4.69) is 4.74 Å². The van der Waals surface area contributed by atoms with E-state index in [1.807, 2.05) is 0 Å². The molecule has 0 aliphatic rings. The molecule has 0 N–H and O–H groups in total. The van der Waals surface area contributed by atoms with Crippen molar-refractivity contribution in [1.82, 2.24) is 0 Å². The predicted molar refractivity (Wildman–Crippen MR) is 50.6 cm³/mol. The van der Waals surface area contributed by atoms with Gasteiger partial charge in [-0.25, -0.2) is 0 Å². The monoisotopic (exact) mass is 280 g/mol. The lowest BCUT2D eigenvalue weighted by atomic mass is 9.93. The summed E-state index contributed by atoms with van der Waals surface area (Å²) >= 11 is 0. The van der Waals surface area contributed by atoms with Crippen molar-refractivity contribution >= 4 is 5.97 Å². The molecule has 0 heterocycles. The molecule has 2 unspecified atom stereocenters. The van der Waals surface area contributed by atoms with Crippen molar-refractivity contribution < 1.29 is 35.9 Å². The highest BCUT2D eigenvalue weighted by Gasteiger charge is 2.57. The van der Waals surface area contributed by atoms with Crippen LogP contribution in [0, 0.1) is 17.8 Å². The van der Waals surface area contributed by atoms with Crippen LogP contribution in [0.1, 0.15) is 20.8 Å². The summed E-state index contributed by atoms with van der Waals surface area (Å²) in [6.07, 6.45) is -10.4. The first-order valence-electron chi connectivity index (χ1n) is 5.17. The van der Waals surface area contributed by atoms with E-state index in [1.54, 1.807) is 13.8 Å². The van der Waals surface area contributed by atoms with E-state index in [0.29, 0.717) is 6.92 Å². The molecule has 0 aliphatic carbocycles. The minimum atomic E-state index is -5.29. The summed E-state index contributed by atoms with van der Waals surface area (Å²) in [7, 11) is 0. The van der Waals surface area contributed by atoms with Crippen LogP contribution in [-0.2, 0) is 9.53 Å². The summed E-state index contributed by atoms with van der Waals surface area (Å²) in [5, 5.41) is 0. The molecule has 0 fully saturated rings. The summed E-state index contributed by atoms with van der Waals surface area (Å²) in [6, 6.07) is 0. The Kier molecular flexibility index (Phi) is 5.49. The molecule has 2 nitrogen and oxygen atoms in total. The average Bonchev–Trinajstić information content (AvgIpc) is 2.10. The van der Waals surface area contributed by atoms with Crippen molar-refractivity contribution in [3.05, 3.63) is 0 Å². The smallest absolute Gasteiger partial charge is 0.402 e. The number of rotatable bonds is 4. The number of alkyl halides is 6. The van der Waals surface area contributed by atoms with Gasteiger partial charge in [0.15, 0.2) is 5.92 Å². The van der Waals surface area contributed by atoms with Gasteiger partial charge in [-0.3, -0.25) is 4.79 Å². The second kappa shape index (κ2) is 5.79. The fourth-order valence-electron chi connectivity index (χ4n) is 1.15. The van der Waals surface area contributed by atoms with Crippen LogP contribution in [0.3, 0.4) is 0 Å². The van der Waals surface area contributed by atoms with E-state index < -0.39 is 30.2 Å². The lowest BCUT2D eigenvalue weighted by Gasteiger charge is -2.26. The molecule has 0 aromatic heterocycles. The highest BCUT2D eigenvalue weighted by molar-refractivity contribution is 5.73. The van der Waals surface area contributed by atoms with Gasteiger partial charge in [-0.1, -0.05) is 20.8 Å². The van der Waals surface area contributed by atoms with Crippen LogP contribution in [0.25, 0.3) is 0 Å². The molecule has 0 aromatic carbocycles. The van der Waals surface area contributed by atoms with Crippen molar-refractivity contribution in [3.63, 3.8) is 0 Å². The van der Waals surface area contributed by atoms with Gasteiger partial charge in [-0.2, -0.15) is 26.3 Å². The molecular formula is C10H14F6O2. The Labute approximate surface area is 100 Å². The van der Waals surface area contributed by atoms with Crippen LogP contribution in [0.5, 0.6) is 0 Å². The van der Waals surface area contributed by atoms with E-state index in [9.17, 15) is 31.1 Å². The third-order valence-electron chi connectivity index (χ3n) is 2.18. The number of halogens is 6. The van der Waals surface area contributed by atoms with Crippen LogP contribution in [0.15, 0.2) is 0 Å². The molecule has 0 saturated heterocycles. The number of carbonyl (C=O) groups is 1. The number of hydrogen-bond donors (Lipinski definition) is 0. The summed E-state index contributed by atoms with van der Waals surface area (Å²) < 4.78 is 78.5. The number of carbonyl (C=O) groups excluding carboxylic acids is 1. The Morgan fingerprint density at radius 1 is 1.00 bits per heavy atom. The van der Waals surface area contributed by atoms with Gasteiger partial charge >= 0.3 is 18.3 Å². The highest BCUT2D eigenvalue weighted by atomic mass is 19.4. The normalized spacial score (nSPS) is 16.6. The standard InChI is InChI=1S/C10H14F6O2/c1-5(2)4-18-8(17)7(10(14,15)16)6(3)9(11,12)13/h5-7H,4H2,1-3H3. The summed E-state index contributed by atoms with van der Waals surface area (Å²) in [5.41, 5.74) is 0. The van der Waals surface area contributed by atoms with Gasteiger partial charge < -0.3 is 4.74 Å². The molecular weight excluding hydrogens is 266 g/mol. The number of esters is 1. The molecule has 0 radical (unpaired) electrons. The first-order valence-corrected chi connectivity index (χ1v) is 5.17. The fraction of sp³-hybridized carbons (Fsp3) is 0.900. The Hall–Kier alpha value is -0.950. The summed E-state index contributed by atoms with van der Waals surface area (Å²) in [4.78, 5) is 11.1. The predicted octanol–water partition coefficient (Wildman–Crippen LogP) is 3.56. The van der Waals surface area contributed by atoms with Crippen LogP contribution >= 0.6 is 0 Å². The Morgan fingerprint density at radius 3 is 1.72 bits per heavy atom. The topological polar surface area (TPSA) is 26.3 Å². The van der Waals surface area contributed by atoms with Gasteiger partial charge in [-0.05, 0) is 5.92 Å². The molecule has 0 spiro atoms. The largest absolute Gasteiger partial charge is 0.465 e. The van der Waals surface area contributed by atoms with E-state index in [4.69, 9.17) is 0 Å². The number of ether oxygens (including phenoxy) is 1. The van der Waals surface area contributed by atoms with Gasteiger partial charge in [0.25, 0.3) is 0 Å². The molecule has 18 heavy (non-hydrogen) atoms. The Bertz CT molecular complexity index is 281. The first-order chi connectivity index (χ1) is 7.87. The Balaban J connectivity index is 4.97. The van der Waals surface area contributed by atoms with Gasteiger partial charge in [-0.15, -0.1) is 0 Å². The van der Waals surface area contributed by atoms with Crippen LogP contribution in [0.2, 0.25) is 0 Å². The van der Waals surface area contributed by atoms with Crippen molar-refractivity contribution in [3.8, 4) is 0 Å². The van der Waals surface area contributed by atoms with E-state index in [-0.39, 0.29) is 12.5 Å². The molecule has 0 bridgehead atoms. The first kappa shape index (κ1) is 17.1. The third kappa shape index (κ3) is 5.14. The number of hydrogen-bond acceptors (Lipinski definition) is 2. The van der Waals surface area contributed by atoms with E-state index in [0.717, 1.165) is 0 Å². The average molecular weight is 280 g/mol. The maximum atomic E-state index is 12.5. The van der Waals surface area contributed by atoms with Gasteiger partial charge in [0.05, 0.1) is 12.5 Å². The highest BCUT2D eigenvalue weighted by Crippen LogP contribution is 2.41. The zero-order valence-corrected chi connectivity index (χ0v) is 10.0. The maximum Gasteiger partial charge on any atom is 0.402 e. The molecule has 0 amide bonds. The van der Waals surface area contributed by atoms with Crippen molar-refractivity contribution in [2.75, 3.05) is 6.61 Å². The van der Waals surface area contributed by atoms with E-state index >= 15 is 0 Å². The Morgan fingerprint density at radius 2 is 1.44 bits per heavy atom. The summed E-state index contributed by atoms with van der Waals surface area (Å²) in [5.74, 6) is -8.17. The maximum absolute atomic E-state index is 12.5. The van der Waals surface area contributed by atoms with Gasteiger partial charge in [0.1, 0.15) is 0 Å². The quantitative estimate of drug-likeness (QED) is 0.581. The minimum Gasteiger partial charge on any atom is -0.465 e. The second-order valence-electron chi connectivity index (χ2n) is 4.37. The molecule has 108 valence electrons. The molecule has 0 aliphatic heterocycles. The van der Waals surface area contributed by atoms with Gasteiger partial charge in [0, 0.05) is 0 Å². The lowest BCUT2D eigenvalue weighted by Crippen LogP contribution is -2.43. The zero-order valence-electron chi connectivity index (χ0n) is 10.0. The molecule has 0 rings (SSSR count). The molecule has 0 saturated carbocycles. The van der Waals surface area contributed by atoms with Crippen LogP contribution in [0.4, 0.5) is 26.3 Å². The zero-order chi connectivity index (χ0) is 14.7. The van der Waals surface area contributed by atoms with Crippen LogP contribution < -0.4 is 0 Å². The van der Waals surface area contributed by atoms with Crippen molar-refractivity contribution in [2.24, 2.45) is 17.8 Å².